The van der Waals surface area contributed by atoms with Gasteiger partial charge in [-0.05, 0) is 80.6 Å². The number of benzene rings is 2. The second-order valence-electron chi connectivity index (χ2n) is 8.13. The van der Waals surface area contributed by atoms with Crippen molar-refractivity contribution in [3.63, 3.8) is 0 Å². The van der Waals surface area contributed by atoms with Crippen LogP contribution in [0.1, 0.15) is 36.0 Å². The molecule has 1 saturated heterocycles. The third kappa shape index (κ3) is 7.27. The SMILES string of the molecule is N#Cc1cccc(NC(=O)NCCCN2CCCC(Cc3ccc(C(F)(F)F)cc3)C2)c1. The smallest absolute Gasteiger partial charge is 0.338 e. The van der Waals surface area contributed by atoms with Crippen molar-refractivity contribution in [2.75, 3.05) is 31.5 Å². The molecule has 1 fully saturated rings. The highest BCUT2D eigenvalue weighted by Gasteiger charge is 2.30. The molecule has 8 heteroatoms. The average molecular weight is 445 g/mol. The molecule has 0 bridgehead atoms. The van der Waals surface area contributed by atoms with Crippen LogP contribution >= 0.6 is 0 Å². The summed E-state index contributed by atoms with van der Waals surface area (Å²) in [6, 6.07) is 13.9. The molecule has 2 amide bonds. The van der Waals surface area contributed by atoms with E-state index in [1.807, 2.05) is 6.07 Å². The van der Waals surface area contributed by atoms with Gasteiger partial charge in [-0.3, -0.25) is 0 Å². The number of nitriles is 1. The Labute approximate surface area is 186 Å². The minimum Gasteiger partial charge on any atom is -0.338 e. The van der Waals surface area contributed by atoms with E-state index < -0.39 is 11.7 Å². The summed E-state index contributed by atoms with van der Waals surface area (Å²) in [6.45, 7) is 3.29. The summed E-state index contributed by atoms with van der Waals surface area (Å²) >= 11 is 0. The van der Waals surface area contributed by atoms with E-state index in [0.29, 0.717) is 23.7 Å². The number of urea groups is 1. The lowest BCUT2D eigenvalue weighted by molar-refractivity contribution is -0.137. The quantitative estimate of drug-likeness (QED) is 0.588. The predicted molar refractivity (Wildman–Crippen MR) is 117 cm³/mol. The Bertz CT molecular complexity index is 937. The molecule has 3 rings (SSSR count). The van der Waals surface area contributed by atoms with E-state index in [-0.39, 0.29) is 6.03 Å². The summed E-state index contributed by atoms with van der Waals surface area (Å²) in [5.74, 6) is 0.421. The molecule has 1 aliphatic heterocycles. The van der Waals surface area contributed by atoms with Crippen LogP contribution in [0.5, 0.6) is 0 Å². The number of anilines is 1. The van der Waals surface area contributed by atoms with E-state index in [0.717, 1.165) is 63.0 Å². The van der Waals surface area contributed by atoms with Crippen molar-refractivity contribution < 1.29 is 18.0 Å². The maximum absolute atomic E-state index is 12.7. The maximum Gasteiger partial charge on any atom is 0.416 e. The number of piperidine rings is 1. The molecule has 2 N–H and O–H groups in total. The molecule has 0 spiro atoms. The number of likely N-dealkylation sites (tertiary alicyclic amines) is 1. The van der Waals surface area contributed by atoms with Crippen molar-refractivity contribution in [1.29, 1.82) is 5.26 Å². The Balaban J connectivity index is 1.37. The summed E-state index contributed by atoms with van der Waals surface area (Å²) in [5, 5.41) is 14.5. The zero-order chi connectivity index (χ0) is 23.0. The number of amides is 2. The number of rotatable bonds is 7. The van der Waals surface area contributed by atoms with Crippen LogP contribution in [0.25, 0.3) is 0 Å². The van der Waals surface area contributed by atoms with E-state index in [1.54, 1.807) is 36.4 Å². The Hall–Kier alpha value is -3.05. The van der Waals surface area contributed by atoms with Gasteiger partial charge in [-0.2, -0.15) is 18.4 Å². The number of carbonyl (C=O) groups is 1. The van der Waals surface area contributed by atoms with E-state index >= 15 is 0 Å². The van der Waals surface area contributed by atoms with E-state index in [4.69, 9.17) is 5.26 Å². The molecule has 32 heavy (non-hydrogen) atoms. The Morgan fingerprint density at radius 3 is 2.69 bits per heavy atom. The Kier molecular flexibility index (Phi) is 8.12. The topological polar surface area (TPSA) is 68.2 Å². The van der Waals surface area contributed by atoms with E-state index in [2.05, 4.69) is 15.5 Å². The molecule has 1 aliphatic rings. The third-order valence-electron chi connectivity index (χ3n) is 5.59. The summed E-state index contributed by atoms with van der Waals surface area (Å²) in [6.07, 6.45) is -0.587. The molecular formula is C24H27F3N4O. The van der Waals surface area contributed by atoms with Gasteiger partial charge in [0, 0.05) is 18.8 Å². The summed E-state index contributed by atoms with van der Waals surface area (Å²) in [5.41, 5.74) is 1.38. The number of halogens is 3. The van der Waals surface area contributed by atoms with Gasteiger partial charge in [-0.25, -0.2) is 4.79 Å². The molecule has 170 valence electrons. The van der Waals surface area contributed by atoms with Gasteiger partial charge in [-0.15, -0.1) is 0 Å². The van der Waals surface area contributed by atoms with Gasteiger partial charge in [-0.1, -0.05) is 18.2 Å². The molecule has 0 saturated carbocycles. The third-order valence-corrected chi connectivity index (χ3v) is 5.59. The predicted octanol–water partition coefficient (Wildman–Crippen LogP) is 5.04. The molecule has 1 unspecified atom stereocenters. The summed E-state index contributed by atoms with van der Waals surface area (Å²) in [7, 11) is 0. The largest absolute Gasteiger partial charge is 0.416 e. The van der Waals surface area contributed by atoms with Gasteiger partial charge < -0.3 is 15.5 Å². The van der Waals surface area contributed by atoms with Gasteiger partial charge in [0.15, 0.2) is 0 Å². The molecule has 1 atom stereocenters. The lowest BCUT2D eigenvalue weighted by atomic mass is 9.91. The standard InChI is InChI=1S/C24H27F3N4O/c25-24(26,27)21-9-7-18(8-10-21)14-20-5-2-12-31(17-20)13-3-11-29-23(32)30-22-6-1-4-19(15-22)16-28/h1,4,6-10,15,20H,2-3,5,11-14,17H2,(H2,29,30,32). The van der Waals surface area contributed by atoms with Crippen molar-refractivity contribution in [3.05, 3.63) is 65.2 Å². The van der Waals surface area contributed by atoms with Gasteiger partial charge in [0.2, 0.25) is 0 Å². The molecule has 0 radical (unpaired) electrons. The fourth-order valence-electron chi connectivity index (χ4n) is 4.03. The first kappa shape index (κ1) is 23.6. The van der Waals surface area contributed by atoms with Crippen LogP contribution in [-0.2, 0) is 12.6 Å². The number of hydrogen-bond acceptors (Lipinski definition) is 3. The minimum absolute atomic E-state index is 0.307. The monoisotopic (exact) mass is 444 g/mol. The van der Waals surface area contributed by atoms with Crippen molar-refractivity contribution >= 4 is 11.7 Å². The van der Waals surface area contributed by atoms with Crippen LogP contribution in [0, 0.1) is 17.2 Å². The normalized spacial score (nSPS) is 16.9. The molecule has 0 aromatic heterocycles. The number of nitrogens with one attached hydrogen (secondary N) is 2. The zero-order valence-electron chi connectivity index (χ0n) is 17.8. The Morgan fingerprint density at radius 2 is 1.97 bits per heavy atom. The van der Waals surface area contributed by atoms with E-state index in [1.165, 1.54) is 0 Å². The highest BCUT2D eigenvalue weighted by atomic mass is 19.4. The second kappa shape index (κ2) is 11.0. The Morgan fingerprint density at radius 1 is 1.19 bits per heavy atom. The molecular weight excluding hydrogens is 417 g/mol. The van der Waals surface area contributed by atoms with Crippen molar-refractivity contribution in [2.45, 2.75) is 31.9 Å². The van der Waals surface area contributed by atoms with Gasteiger partial charge >= 0.3 is 12.2 Å². The van der Waals surface area contributed by atoms with Gasteiger partial charge in [0.05, 0.1) is 17.2 Å². The van der Waals surface area contributed by atoms with Crippen LogP contribution in [0.2, 0.25) is 0 Å². The number of hydrogen-bond donors (Lipinski definition) is 2. The lowest BCUT2D eigenvalue weighted by Gasteiger charge is -2.33. The van der Waals surface area contributed by atoms with Crippen molar-refractivity contribution in [2.24, 2.45) is 5.92 Å². The van der Waals surface area contributed by atoms with Crippen molar-refractivity contribution in [3.8, 4) is 6.07 Å². The number of alkyl halides is 3. The minimum atomic E-state index is -4.30. The summed E-state index contributed by atoms with van der Waals surface area (Å²) in [4.78, 5) is 14.4. The fraction of sp³-hybridized carbons (Fsp3) is 0.417. The molecule has 2 aromatic rings. The number of carbonyl (C=O) groups excluding carboxylic acids is 1. The highest BCUT2D eigenvalue weighted by Crippen LogP contribution is 2.30. The first-order valence-corrected chi connectivity index (χ1v) is 10.8. The lowest BCUT2D eigenvalue weighted by Crippen LogP contribution is -2.38. The van der Waals surface area contributed by atoms with Crippen LogP contribution in [0.4, 0.5) is 23.7 Å². The fourth-order valence-corrected chi connectivity index (χ4v) is 4.03. The zero-order valence-corrected chi connectivity index (χ0v) is 17.8. The maximum atomic E-state index is 12.7. The average Bonchev–Trinajstić information content (AvgIpc) is 2.77. The van der Waals surface area contributed by atoms with Gasteiger partial charge in [0.1, 0.15) is 0 Å². The van der Waals surface area contributed by atoms with Gasteiger partial charge in [0.25, 0.3) is 0 Å². The van der Waals surface area contributed by atoms with Crippen LogP contribution in [-0.4, -0.2) is 37.1 Å². The highest BCUT2D eigenvalue weighted by molar-refractivity contribution is 5.89. The van der Waals surface area contributed by atoms with Crippen LogP contribution in [0.15, 0.2) is 48.5 Å². The first-order chi connectivity index (χ1) is 15.3. The molecule has 2 aromatic carbocycles. The molecule has 0 aliphatic carbocycles. The first-order valence-electron chi connectivity index (χ1n) is 10.8. The number of nitrogens with zero attached hydrogens (tertiary/aromatic N) is 2. The van der Waals surface area contributed by atoms with E-state index in [9.17, 15) is 18.0 Å². The second-order valence-corrected chi connectivity index (χ2v) is 8.13. The van der Waals surface area contributed by atoms with Crippen LogP contribution in [0.3, 0.4) is 0 Å². The molecule has 1 heterocycles. The summed E-state index contributed by atoms with van der Waals surface area (Å²) < 4.78 is 38.2. The van der Waals surface area contributed by atoms with Crippen molar-refractivity contribution in [1.82, 2.24) is 10.2 Å². The van der Waals surface area contributed by atoms with Crippen LogP contribution < -0.4 is 10.6 Å². The molecule has 5 nitrogen and oxygen atoms in total.